The number of aliphatic hydroxyl groups is 1. The zero-order chi connectivity index (χ0) is 10.2. The Morgan fingerprint density at radius 3 is 2.79 bits per heavy atom. The summed E-state index contributed by atoms with van der Waals surface area (Å²) in [6, 6.07) is 0. The normalized spacial score (nSPS) is 18.9. The maximum Gasteiger partial charge on any atom is 0.0931 e. The third-order valence-electron chi connectivity index (χ3n) is 2.83. The molecular weight excluding hydrogens is 194 g/mol. The summed E-state index contributed by atoms with van der Waals surface area (Å²) in [5, 5.41) is 12.6. The highest BCUT2D eigenvalue weighted by Gasteiger charge is 2.45. The first-order valence-electron chi connectivity index (χ1n) is 5.22. The second-order valence-corrected chi connectivity index (χ2v) is 5.61. The highest BCUT2D eigenvalue weighted by molar-refractivity contribution is 7.09. The Morgan fingerprint density at radius 2 is 2.29 bits per heavy atom. The number of thiazole rings is 1. The quantitative estimate of drug-likeness (QED) is 0.829. The molecule has 0 aromatic carbocycles. The fourth-order valence-electron chi connectivity index (χ4n) is 1.64. The number of rotatable bonds is 4. The summed E-state index contributed by atoms with van der Waals surface area (Å²) in [7, 11) is 0. The Kier molecular flexibility index (Phi) is 2.62. The highest BCUT2D eigenvalue weighted by atomic mass is 32.1. The minimum atomic E-state index is 0.0474. The average Bonchev–Trinajstić information content (AvgIpc) is 2.81. The van der Waals surface area contributed by atoms with Crippen molar-refractivity contribution in [3.05, 3.63) is 16.1 Å². The predicted octanol–water partition coefficient (Wildman–Crippen LogP) is 2.37. The second-order valence-electron chi connectivity index (χ2n) is 4.66. The molecule has 78 valence electrons. The lowest BCUT2D eigenvalue weighted by molar-refractivity contribution is 0.253. The van der Waals surface area contributed by atoms with E-state index in [4.69, 9.17) is 0 Å². The largest absolute Gasteiger partial charge is 0.395 e. The fourth-order valence-corrected chi connectivity index (χ4v) is 2.77. The topological polar surface area (TPSA) is 33.1 Å². The van der Waals surface area contributed by atoms with Crippen LogP contribution in [-0.4, -0.2) is 16.7 Å². The maximum absolute atomic E-state index is 9.27. The van der Waals surface area contributed by atoms with Gasteiger partial charge in [0.2, 0.25) is 0 Å². The van der Waals surface area contributed by atoms with E-state index in [-0.39, 0.29) is 12.0 Å². The van der Waals surface area contributed by atoms with Gasteiger partial charge in [-0.1, -0.05) is 13.8 Å². The Bertz CT molecular complexity index is 315. The van der Waals surface area contributed by atoms with Crippen LogP contribution in [0.15, 0.2) is 5.38 Å². The van der Waals surface area contributed by atoms with Gasteiger partial charge in [0.05, 0.1) is 17.3 Å². The Hall–Kier alpha value is -0.410. The fraction of sp³-hybridized carbons (Fsp3) is 0.727. The lowest BCUT2D eigenvalue weighted by Crippen LogP contribution is -2.12. The number of aromatic nitrogens is 1. The van der Waals surface area contributed by atoms with Gasteiger partial charge in [-0.15, -0.1) is 11.3 Å². The molecule has 0 bridgehead atoms. The lowest BCUT2D eigenvalue weighted by atomic mass is 10.1. The average molecular weight is 211 g/mol. The molecule has 0 unspecified atom stereocenters. The van der Waals surface area contributed by atoms with Crippen molar-refractivity contribution in [2.75, 3.05) is 6.61 Å². The molecule has 0 atom stereocenters. The number of nitrogens with zero attached hydrogens (tertiary/aromatic N) is 1. The number of hydrogen-bond donors (Lipinski definition) is 1. The molecule has 1 saturated carbocycles. The van der Waals surface area contributed by atoms with E-state index >= 15 is 0 Å². The van der Waals surface area contributed by atoms with Crippen molar-refractivity contribution in [2.45, 2.75) is 38.5 Å². The molecule has 0 radical (unpaired) electrons. The van der Waals surface area contributed by atoms with Crippen LogP contribution in [0.3, 0.4) is 0 Å². The van der Waals surface area contributed by atoms with E-state index in [2.05, 4.69) is 24.2 Å². The van der Waals surface area contributed by atoms with E-state index in [1.165, 1.54) is 5.01 Å². The zero-order valence-corrected chi connectivity index (χ0v) is 9.60. The van der Waals surface area contributed by atoms with Crippen LogP contribution in [-0.2, 0) is 11.8 Å². The SMILES string of the molecule is CC(C)Cc1nc(C2(CO)CC2)cs1. The molecular formula is C11H17NOS. The zero-order valence-electron chi connectivity index (χ0n) is 8.79. The summed E-state index contributed by atoms with van der Waals surface area (Å²) < 4.78 is 0. The summed E-state index contributed by atoms with van der Waals surface area (Å²) in [4.78, 5) is 4.61. The molecule has 1 heterocycles. The van der Waals surface area contributed by atoms with Crippen LogP contribution in [0.1, 0.15) is 37.4 Å². The molecule has 3 heteroatoms. The second kappa shape index (κ2) is 3.63. The summed E-state index contributed by atoms with van der Waals surface area (Å²) in [5.41, 5.74) is 1.17. The van der Waals surface area contributed by atoms with Crippen molar-refractivity contribution in [3.8, 4) is 0 Å². The van der Waals surface area contributed by atoms with Gasteiger partial charge in [-0.25, -0.2) is 4.98 Å². The van der Waals surface area contributed by atoms with Crippen LogP contribution in [0.25, 0.3) is 0 Å². The van der Waals surface area contributed by atoms with Gasteiger partial charge in [-0.3, -0.25) is 0 Å². The molecule has 14 heavy (non-hydrogen) atoms. The standard InChI is InChI=1S/C11H17NOS/c1-8(2)5-10-12-9(6-14-10)11(7-13)3-4-11/h6,8,13H,3-5,7H2,1-2H3. The van der Waals surface area contributed by atoms with Gasteiger partial charge in [0, 0.05) is 17.2 Å². The van der Waals surface area contributed by atoms with Crippen LogP contribution >= 0.6 is 11.3 Å². The Balaban J connectivity index is 2.10. The minimum absolute atomic E-state index is 0.0474. The van der Waals surface area contributed by atoms with Crippen LogP contribution in [0, 0.1) is 5.92 Å². The van der Waals surface area contributed by atoms with Gasteiger partial charge in [-0.2, -0.15) is 0 Å². The maximum atomic E-state index is 9.27. The number of aliphatic hydroxyl groups excluding tert-OH is 1. The van der Waals surface area contributed by atoms with Crippen molar-refractivity contribution in [3.63, 3.8) is 0 Å². The van der Waals surface area contributed by atoms with E-state index < -0.39 is 0 Å². The molecule has 0 saturated heterocycles. The highest BCUT2D eigenvalue weighted by Crippen LogP contribution is 2.47. The molecule has 2 rings (SSSR count). The Labute approximate surface area is 89.0 Å². The van der Waals surface area contributed by atoms with Crippen molar-refractivity contribution in [2.24, 2.45) is 5.92 Å². The van der Waals surface area contributed by atoms with Gasteiger partial charge in [-0.05, 0) is 18.8 Å². The molecule has 1 N–H and O–H groups in total. The number of hydrogen-bond acceptors (Lipinski definition) is 3. The monoisotopic (exact) mass is 211 g/mol. The van der Waals surface area contributed by atoms with Gasteiger partial charge in [0.1, 0.15) is 0 Å². The predicted molar refractivity (Wildman–Crippen MR) is 58.7 cm³/mol. The van der Waals surface area contributed by atoms with E-state index in [9.17, 15) is 5.11 Å². The van der Waals surface area contributed by atoms with Crippen molar-refractivity contribution in [1.29, 1.82) is 0 Å². The molecule has 0 spiro atoms. The lowest BCUT2D eigenvalue weighted by Gasteiger charge is -2.06. The van der Waals surface area contributed by atoms with Gasteiger partial charge in [0.15, 0.2) is 0 Å². The van der Waals surface area contributed by atoms with E-state index in [0.717, 1.165) is 25.0 Å². The van der Waals surface area contributed by atoms with Crippen LogP contribution in [0.5, 0.6) is 0 Å². The molecule has 1 aliphatic carbocycles. The van der Waals surface area contributed by atoms with E-state index in [1.807, 2.05) is 0 Å². The minimum Gasteiger partial charge on any atom is -0.395 e. The van der Waals surface area contributed by atoms with Gasteiger partial charge < -0.3 is 5.11 Å². The van der Waals surface area contributed by atoms with Crippen molar-refractivity contribution < 1.29 is 5.11 Å². The summed E-state index contributed by atoms with van der Waals surface area (Å²) >= 11 is 1.74. The van der Waals surface area contributed by atoms with E-state index in [0.29, 0.717) is 5.92 Å². The van der Waals surface area contributed by atoms with Crippen molar-refractivity contribution in [1.82, 2.24) is 4.98 Å². The molecule has 0 aliphatic heterocycles. The Morgan fingerprint density at radius 1 is 1.57 bits per heavy atom. The molecule has 1 aliphatic rings. The third kappa shape index (κ3) is 1.84. The first-order chi connectivity index (χ1) is 6.66. The first kappa shape index (κ1) is 10.1. The molecule has 1 fully saturated rings. The van der Waals surface area contributed by atoms with Gasteiger partial charge >= 0.3 is 0 Å². The molecule has 1 aromatic rings. The third-order valence-corrected chi connectivity index (χ3v) is 3.71. The molecule has 2 nitrogen and oxygen atoms in total. The molecule has 0 amide bonds. The van der Waals surface area contributed by atoms with Crippen LogP contribution < -0.4 is 0 Å². The van der Waals surface area contributed by atoms with E-state index in [1.54, 1.807) is 11.3 Å². The van der Waals surface area contributed by atoms with Crippen LogP contribution in [0.2, 0.25) is 0 Å². The summed E-state index contributed by atoms with van der Waals surface area (Å²) in [6.45, 7) is 4.68. The first-order valence-corrected chi connectivity index (χ1v) is 6.10. The summed E-state index contributed by atoms with van der Waals surface area (Å²) in [6.07, 6.45) is 3.27. The van der Waals surface area contributed by atoms with Crippen LogP contribution in [0.4, 0.5) is 0 Å². The van der Waals surface area contributed by atoms with Crippen molar-refractivity contribution >= 4 is 11.3 Å². The van der Waals surface area contributed by atoms with Gasteiger partial charge in [0.25, 0.3) is 0 Å². The molecule has 1 aromatic heterocycles. The smallest absolute Gasteiger partial charge is 0.0931 e. The summed E-state index contributed by atoms with van der Waals surface area (Å²) in [5.74, 6) is 0.665.